The lowest BCUT2D eigenvalue weighted by Gasteiger charge is -2.04. The fraction of sp³-hybridized carbons (Fsp3) is 0.0556. The van der Waals surface area contributed by atoms with Gasteiger partial charge in [0.1, 0.15) is 11.3 Å². The van der Waals surface area contributed by atoms with Crippen LogP contribution in [0.5, 0.6) is 0 Å². The predicted molar refractivity (Wildman–Crippen MR) is 100 cm³/mol. The van der Waals surface area contributed by atoms with Crippen LogP contribution in [0.3, 0.4) is 0 Å². The summed E-state index contributed by atoms with van der Waals surface area (Å²) in [6, 6.07) is 13.8. The summed E-state index contributed by atoms with van der Waals surface area (Å²) >= 11 is 0. The lowest BCUT2D eigenvalue weighted by Crippen LogP contribution is -2.35. The van der Waals surface area contributed by atoms with Gasteiger partial charge in [-0.2, -0.15) is 0 Å². The molecule has 3 aromatic rings. The molecule has 0 saturated heterocycles. The van der Waals surface area contributed by atoms with E-state index in [0.717, 1.165) is 22.2 Å². The topological polar surface area (TPSA) is 82.2 Å². The van der Waals surface area contributed by atoms with Gasteiger partial charge in [0.25, 0.3) is 5.91 Å². The highest BCUT2D eigenvalue weighted by Crippen LogP contribution is 2.20. The Morgan fingerprint density at radius 1 is 1.12 bits per heavy atom. The zero-order valence-electron chi connectivity index (χ0n) is 13.2. The number of carbonyl (C=O) groups excluding carboxylic acids is 1. The number of fused-ring (bicyclic) bond motifs is 1. The Bertz CT molecular complexity index is 962. The maximum absolute atomic E-state index is 12.1. The minimum Gasteiger partial charge on any atom is -0.352 e. The molecule has 7 heteroatoms. The van der Waals surface area contributed by atoms with Gasteiger partial charge in [0.15, 0.2) is 0 Å². The fourth-order valence-corrected chi connectivity index (χ4v) is 2.58. The Hall–Kier alpha value is -3.12. The number of hydrogen-bond donors (Lipinski definition) is 3. The van der Waals surface area contributed by atoms with Crippen molar-refractivity contribution in [2.75, 3.05) is 0 Å². The van der Waals surface area contributed by atoms with Crippen molar-refractivity contribution in [1.82, 2.24) is 20.6 Å². The van der Waals surface area contributed by atoms with Crippen LogP contribution in [0.25, 0.3) is 17.1 Å². The van der Waals surface area contributed by atoms with Crippen molar-refractivity contribution in [3.63, 3.8) is 0 Å². The first-order chi connectivity index (χ1) is 11.8. The number of guanidine groups is 1. The summed E-state index contributed by atoms with van der Waals surface area (Å²) in [6.45, 7) is 0.601. The first-order valence-corrected chi connectivity index (χ1v) is 7.61. The Morgan fingerprint density at radius 2 is 1.96 bits per heavy atom. The normalized spacial score (nSPS) is 15.0. The molecule has 3 N–H and O–H groups in total. The number of rotatable bonds is 3. The zero-order chi connectivity index (χ0) is 16.4. The van der Waals surface area contributed by atoms with E-state index in [1.807, 2.05) is 48.7 Å². The van der Waals surface area contributed by atoms with E-state index in [0.29, 0.717) is 18.2 Å². The Labute approximate surface area is 150 Å². The second-order valence-corrected chi connectivity index (χ2v) is 5.43. The SMILES string of the molecule is Cl.O=C1NC(NCc2ccccc2)=NC1=Cc1c[nH]c2ncccc12. The van der Waals surface area contributed by atoms with Crippen molar-refractivity contribution < 1.29 is 4.79 Å². The van der Waals surface area contributed by atoms with E-state index < -0.39 is 0 Å². The number of benzene rings is 1. The number of nitrogens with zero attached hydrogens (tertiary/aromatic N) is 2. The third kappa shape index (κ3) is 3.54. The molecule has 6 nitrogen and oxygen atoms in total. The molecule has 1 aliphatic rings. The highest BCUT2D eigenvalue weighted by atomic mass is 35.5. The Morgan fingerprint density at radius 3 is 2.80 bits per heavy atom. The second-order valence-electron chi connectivity index (χ2n) is 5.43. The van der Waals surface area contributed by atoms with Crippen molar-refractivity contribution in [2.45, 2.75) is 6.54 Å². The molecule has 1 aromatic carbocycles. The number of nitrogens with one attached hydrogen (secondary N) is 3. The number of pyridine rings is 1. The summed E-state index contributed by atoms with van der Waals surface area (Å²) in [5.74, 6) is 0.247. The zero-order valence-corrected chi connectivity index (χ0v) is 14.0. The number of aliphatic imine (C=N–C) groups is 1. The van der Waals surface area contributed by atoms with Gasteiger partial charge in [0, 0.05) is 29.9 Å². The summed E-state index contributed by atoms with van der Waals surface area (Å²) < 4.78 is 0. The van der Waals surface area contributed by atoms with E-state index in [-0.39, 0.29) is 18.3 Å². The Balaban J connectivity index is 0.00000182. The molecule has 4 rings (SSSR count). The molecular formula is C18H16ClN5O. The maximum Gasteiger partial charge on any atom is 0.276 e. The van der Waals surface area contributed by atoms with Crippen molar-refractivity contribution in [1.29, 1.82) is 0 Å². The van der Waals surface area contributed by atoms with Gasteiger partial charge in [-0.25, -0.2) is 9.98 Å². The largest absolute Gasteiger partial charge is 0.352 e. The van der Waals surface area contributed by atoms with Crippen molar-refractivity contribution in [3.05, 3.63) is 71.7 Å². The lowest BCUT2D eigenvalue weighted by atomic mass is 10.2. The fourth-order valence-electron chi connectivity index (χ4n) is 2.58. The number of hydrogen-bond acceptors (Lipinski definition) is 4. The first-order valence-electron chi connectivity index (χ1n) is 7.61. The van der Waals surface area contributed by atoms with Crippen LogP contribution < -0.4 is 10.6 Å². The van der Waals surface area contributed by atoms with Gasteiger partial charge < -0.3 is 10.3 Å². The molecular weight excluding hydrogens is 338 g/mol. The minimum atomic E-state index is -0.219. The van der Waals surface area contributed by atoms with Crippen LogP contribution >= 0.6 is 12.4 Å². The summed E-state index contributed by atoms with van der Waals surface area (Å²) in [5, 5.41) is 6.83. The van der Waals surface area contributed by atoms with Crippen LogP contribution in [0.15, 0.2) is 65.5 Å². The monoisotopic (exact) mass is 353 g/mol. The highest BCUT2D eigenvalue weighted by Gasteiger charge is 2.20. The number of H-pyrrole nitrogens is 1. The third-order valence-electron chi connectivity index (χ3n) is 3.77. The first kappa shape index (κ1) is 16.7. The van der Waals surface area contributed by atoms with E-state index in [9.17, 15) is 4.79 Å². The predicted octanol–water partition coefficient (Wildman–Crippen LogP) is 2.60. The number of amides is 1. The third-order valence-corrected chi connectivity index (χ3v) is 3.77. The van der Waals surface area contributed by atoms with Gasteiger partial charge in [-0.3, -0.25) is 10.1 Å². The maximum atomic E-state index is 12.1. The second kappa shape index (κ2) is 7.19. The summed E-state index contributed by atoms with van der Waals surface area (Å²) in [6.07, 6.45) is 5.30. The van der Waals surface area contributed by atoms with Crippen LogP contribution in [0.1, 0.15) is 11.1 Å². The van der Waals surface area contributed by atoms with Crippen molar-refractivity contribution in [2.24, 2.45) is 4.99 Å². The molecule has 3 heterocycles. The van der Waals surface area contributed by atoms with Crippen LogP contribution in [-0.4, -0.2) is 21.8 Å². The van der Waals surface area contributed by atoms with Crippen LogP contribution in [0.4, 0.5) is 0 Å². The molecule has 0 spiro atoms. The molecule has 0 fully saturated rings. The quantitative estimate of drug-likeness (QED) is 0.633. The van der Waals surface area contributed by atoms with Crippen molar-refractivity contribution in [3.8, 4) is 0 Å². The van der Waals surface area contributed by atoms with E-state index >= 15 is 0 Å². The molecule has 0 atom stereocenters. The van der Waals surface area contributed by atoms with Gasteiger partial charge >= 0.3 is 0 Å². The molecule has 0 aliphatic carbocycles. The summed E-state index contributed by atoms with van der Waals surface area (Å²) in [7, 11) is 0. The number of halogens is 1. The van der Waals surface area contributed by atoms with Crippen LogP contribution in [0, 0.1) is 0 Å². The standard InChI is InChI=1S/C18H15N5O.ClH/c24-17-15(9-13-11-20-16-14(13)7-4-8-19-16)22-18(23-17)21-10-12-5-2-1-3-6-12;/h1-9,11H,10H2,(H,19,20)(H2,21,22,23,24);1H. The van der Waals surface area contributed by atoms with Crippen LogP contribution in [-0.2, 0) is 11.3 Å². The molecule has 25 heavy (non-hydrogen) atoms. The van der Waals surface area contributed by atoms with Crippen molar-refractivity contribution >= 4 is 41.4 Å². The van der Waals surface area contributed by atoms with Gasteiger partial charge in [-0.1, -0.05) is 30.3 Å². The van der Waals surface area contributed by atoms with Gasteiger partial charge in [-0.15, -0.1) is 12.4 Å². The van der Waals surface area contributed by atoms with Gasteiger partial charge in [0.05, 0.1) is 0 Å². The van der Waals surface area contributed by atoms with E-state index in [4.69, 9.17) is 0 Å². The van der Waals surface area contributed by atoms with E-state index in [1.165, 1.54) is 0 Å². The van der Waals surface area contributed by atoms with Gasteiger partial charge in [-0.05, 0) is 23.8 Å². The molecule has 0 bridgehead atoms. The number of aromatic amines is 1. The average molecular weight is 354 g/mol. The molecule has 126 valence electrons. The summed E-state index contributed by atoms with van der Waals surface area (Å²) in [4.78, 5) is 23.8. The molecule has 2 aromatic heterocycles. The van der Waals surface area contributed by atoms with Gasteiger partial charge in [0.2, 0.25) is 5.96 Å². The lowest BCUT2D eigenvalue weighted by molar-refractivity contribution is -0.115. The molecule has 0 unspecified atom stereocenters. The molecule has 0 radical (unpaired) electrons. The average Bonchev–Trinajstić information content (AvgIpc) is 3.18. The van der Waals surface area contributed by atoms with E-state index in [1.54, 1.807) is 12.3 Å². The number of aromatic nitrogens is 2. The van der Waals surface area contributed by atoms with E-state index in [2.05, 4.69) is 25.6 Å². The number of carbonyl (C=O) groups is 1. The highest BCUT2D eigenvalue weighted by molar-refractivity contribution is 6.14. The van der Waals surface area contributed by atoms with Crippen LogP contribution in [0.2, 0.25) is 0 Å². The molecule has 1 aliphatic heterocycles. The smallest absolute Gasteiger partial charge is 0.276 e. The minimum absolute atomic E-state index is 0. The Kier molecular flexibility index (Phi) is 4.81. The molecule has 0 saturated carbocycles. The summed E-state index contributed by atoms with van der Waals surface area (Å²) in [5.41, 5.74) is 3.16. The molecule has 1 amide bonds.